The molecular weight excluding hydrogens is 498 g/mol. The van der Waals surface area contributed by atoms with E-state index < -0.39 is 5.66 Å². The number of amidine groups is 1. The van der Waals surface area contributed by atoms with Crippen molar-refractivity contribution in [3.05, 3.63) is 23.3 Å². The molecule has 4 rings (SSSR count). The molecule has 224 valence electrons. The fraction of sp³-hybridized carbons (Fsp3) is 0.794. The zero-order valence-electron chi connectivity index (χ0n) is 26.6. The summed E-state index contributed by atoms with van der Waals surface area (Å²) in [7, 11) is 0. The van der Waals surface area contributed by atoms with E-state index >= 15 is 0 Å². The van der Waals surface area contributed by atoms with Crippen molar-refractivity contribution in [3.63, 3.8) is 0 Å². The highest BCUT2D eigenvalue weighted by Crippen LogP contribution is 2.49. The highest BCUT2D eigenvalue weighted by atomic mass is 16.5. The van der Waals surface area contributed by atoms with Crippen molar-refractivity contribution < 1.29 is 14.3 Å². The Morgan fingerprint density at radius 2 is 1.68 bits per heavy atom. The quantitative estimate of drug-likeness (QED) is 0.321. The molecule has 2 heterocycles. The number of nitrogens with zero attached hydrogens (tertiary/aromatic N) is 3. The van der Waals surface area contributed by atoms with E-state index in [0.29, 0.717) is 18.2 Å². The lowest BCUT2D eigenvalue weighted by molar-refractivity contribution is -0.143. The van der Waals surface area contributed by atoms with Crippen LogP contribution in [0.25, 0.3) is 0 Å². The summed E-state index contributed by atoms with van der Waals surface area (Å²) in [5.74, 6) is 1.26. The lowest BCUT2D eigenvalue weighted by atomic mass is 9.69. The number of esters is 1. The van der Waals surface area contributed by atoms with Crippen LogP contribution in [0.5, 0.6) is 0 Å². The van der Waals surface area contributed by atoms with Crippen molar-refractivity contribution in [2.24, 2.45) is 21.7 Å². The molecule has 1 spiro atoms. The average molecular weight is 554 g/mol. The average Bonchev–Trinajstić information content (AvgIpc) is 3.15. The number of carbonyl (C=O) groups is 2. The molecule has 0 unspecified atom stereocenters. The van der Waals surface area contributed by atoms with Crippen LogP contribution in [0.3, 0.4) is 0 Å². The summed E-state index contributed by atoms with van der Waals surface area (Å²) in [5, 5.41) is 0. The predicted molar refractivity (Wildman–Crippen MR) is 163 cm³/mol. The zero-order valence-corrected chi connectivity index (χ0v) is 26.6. The maximum absolute atomic E-state index is 14.5. The molecule has 6 nitrogen and oxygen atoms in total. The fourth-order valence-electron chi connectivity index (χ4n) is 7.08. The van der Waals surface area contributed by atoms with Gasteiger partial charge in [-0.15, -0.1) is 0 Å². The number of carbonyl (C=O) groups excluding carboxylic acids is 2. The maximum Gasteiger partial charge on any atom is 0.334 e. The third-order valence-corrected chi connectivity index (χ3v) is 9.53. The fourth-order valence-corrected chi connectivity index (χ4v) is 7.08. The highest BCUT2D eigenvalue weighted by Gasteiger charge is 2.54. The van der Waals surface area contributed by atoms with Gasteiger partial charge in [-0.25, -0.2) is 9.79 Å². The van der Waals surface area contributed by atoms with Gasteiger partial charge in [0.05, 0.1) is 12.1 Å². The second-order valence-corrected chi connectivity index (χ2v) is 15.3. The number of ether oxygens (including phenoxy) is 1. The summed E-state index contributed by atoms with van der Waals surface area (Å²) in [4.78, 5) is 37.0. The molecule has 1 saturated heterocycles. The van der Waals surface area contributed by atoms with Gasteiger partial charge in [0.1, 0.15) is 5.66 Å². The van der Waals surface area contributed by atoms with E-state index in [-0.39, 0.29) is 34.9 Å². The molecule has 0 N–H and O–H groups in total. The Kier molecular flexibility index (Phi) is 9.26. The van der Waals surface area contributed by atoms with Gasteiger partial charge in [0.15, 0.2) is 5.84 Å². The van der Waals surface area contributed by atoms with E-state index in [9.17, 15) is 9.59 Å². The van der Waals surface area contributed by atoms with E-state index in [1.807, 2.05) is 19.9 Å². The standard InChI is InChI=1S/C34H55N3O3/c1-24(2)40-31(39)26-14-12-25(13-15-26)28(18-19-32(3,4)5)37-30(38)29(36-22-10-9-11-23-36)35-34(37)20-16-27(17-21-34)33(6,7)8/h12,14,24,27-28H,9-11,13,15-23H2,1-8H3/t27?,28-,34?/m1/s1. The molecule has 0 aromatic rings. The molecule has 1 atom stereocenters. The normalized spacial score (nSPS) is 27.1. The summed E-state index contributed by atoms with van der Waals surface area (Å²) in [5.41, 5.74) is 1.94. The molecule has 2 aliphatic heterocycles. The second-order valence-electron chi connectivity index (χ2n) is 15.3. The van der Waals surface area contributed by atoms with Gasteiger partial charge in [-0.05, 0) is 107 Å². The Balaban J connectivity index is 1.70. The van der Waals surface area contributed by atoms with Gasteiger partial charge in [-0.1, -0.05) is 53.7 Å². The van der Waals surface area contributed by atoms with Crippen LogP contribution in [-0.2, 0) is 14.3 Å². The van der Waals surface area contributed by atoms with Crippen molar-refractivity contribution in [2.45, 2.75) is 144 Å². The first-order valence-corrected chi connectivity index (χ1v) is 16.0. The van der Waals surface area contributed by atoms with E-state index in [0.717, 1.165) is 76.5 Å². The van der Waals surface area contributed by atoms with Crippen LogP contribution in [0.2, 0.25) is 0 Å². The molecule has 2 fully saturated rings. The van der Waals surface area contributed by atoms with E-state index in [2.05, 4.69) is 57.4 Å². The van der Waals surface area contributed by atoms with Gasteiger partial charge < -0.3 is 14.5 Å². The molecule has 2 aliphatic carbocycles. The Bertz CT molecular complexity index is 1030. The summed E-state index contributed by atoms with van der Waals surface area (Å²) in [6.45, 7) is 19.5. The predicted octanol–water partition coefficient (Wildman–Crippen LogP) is 7.44. The Hall–Kier alpha value is -2.11. The van der Waals surface area contributed by atoms with Crippen molar-refractivity contribution in [2.75, 3.05) is 13.1 Å². The number of piperidine rings is 1. The van der Waals surface area contributed by atoms with Gasteiger partial charge in [-0.2, -0.15) is 0 Å². The second kappa shape index (κ2) is 12.0. The first-order valence-electron chi connectivity index (χ1n) is 16.0. The number of amides is 1. The third kappa shape index (κ3) is 7.02. The van der Waals surface area contributed by atoms with Gasteiger partial charge >= 0.3 is 5.97 Å². The SMILES string of the molecule is CC(C)OC(=O)C1=CC=C([C@@H](CCC(C)(C)C)N2C(=O)C(N3CCCCC3)=NC23CCC(C(C)(C)C)CC3)CC1. The van der Waals surface area contributed by atoms with Crippen LogP contribution < -0.4 is 0 Å². The number of aliphatic imine (C=N–C) groups is 1. The number of hydrogen-bond acceptors (Lipinski definition) is 5. The summed E-state index contributed by atoms with van der Waals surface area (Å²) in [6.07, 6.45) is 14.8. The minimum absolute atomic E-state index is 0.0112. The number of allylic oxidation sites excluding steroid dienone is 2. The largest absolute Gasteiger partial charge is 0.460 e. The zero-order chi connectivity index (χ0) is 29.3. The minimum atomic E-state index is -0.463. The van der Waals surface area contributed by atoms with Gasteiger partial charge in [0.25, 0.3) is 5.91 Å². The topological polar surface area (TPSA) is 62.2 Å². The molecule has 0 aromatic carbocycles. The minimum Gasteiger partial charge on any atom is -0.460 e. The van der Waals surface area contributed by atoms with E-state index in [1.54, 1.807) is 0 Å². The monoisotopic (exact) mass is 553 g/mol. The summed E-state index contributed by atoms with van der Waals surface area (Å²) in [6, 6.07) is -0.0112. The highest BCUT2D eigenvalue weighted by molar-refractivity contribution is 6.39. The molecule has 4 aliphatic rings. The number of likely N-dealkylation sites (tertiary alicyclic amines) is 1. The molecule has 40 heavy (non-hydrogen) atoms. The Morgan fingerprint density at radius 1 is 1.02 bits per heavy atom. The molecule has 0 bridgehead atoms. The molecular formula is C34H55N3O3. The van der Waals surface area contributed by atoms with Crippen molar-refractivity contribution >= 4 is 17.7 Å². The maximum atomic E-state index is 14.5. The Labute approximate surface area is 243 Å². The molecule has 0 aromatic heterocycles. The first kappa shape index (κ1) is 30.8. The third-order valence-electron chi connectivity index (χ3n) is 9.53. The van der Waals surface area contributed by atoms with Crippen LogP contribution in [0, 0.1) is 16.7 Å². The molecule has 1 saturated carbocycles. The van der Waals surface area contributed by atoms with Gasteiger partial charge in [0.2, 0.25) is 0 Å². The Morgan fingerprint density at radius 3 is 2.20 bits per heavy atom. The summed E-state index contributed by atoms with van der Waals surface area (Å²) < 4.78 is 5.48. The van der Waals surface area contributed by atoms with Crippen LogP contribution in [-0.4, -0.2) is 58.4 Å². The van der Waals surface area contributed by atoms with Crippen molar-refractivity contribution in [3.8, 4) is 0 Å². The van der Waals surface area contributed by atoms with Gasteiger partial charge in [-0.3, -0.25) is 4.79 Å². The van der Waals surface area contributed by atoms with E-state index in [4.69, 9.17) is 9.73 Å². The molecule has 1 amide bonds. The van der Waals surface area contributed by atoms with Crippen LogP contribution >= 0.6 is 0 Å². The van der Waals surface area contributed by atoms with E-state index in [1.165, 1.54) is 12.0 Å². The smallest absolute Gasteiger partial charge is 0.334 e. The molecule has 6 heteroatoms. The lowest BCUT2D eigenvalue weighted by Crippen LogP contribution is -2.56. The number of rotatable bonds is 6. The lowest BCUT2D eigenvalue weighted by Gasteiger charge is -2.48. The first-order chi connectivity index (χ1) is 18.7. The number of hydrogen-bond donors (Lipinski definition) is 0. The van der Waals surface area contributed by atoms with Crippen molar-refractivity contribution in [1.29, 1.82) is 0 Å². The van der Waals surface area contributed by atoms with Crippen LogP contribution in [0.1, 0.15) is 126 Å². The van der Waals surface area contributed by atoms with Gasteiger partial charge in [0, 0.05) is 18.7 Å². The summed E-state index contributed by atoms with van der Waals surface area (Å²) >= 11 is 0. The molecule has 0 radical (unpaired) electrons. The van der Waals surface area contributed by atoms with Crippen molar-refractivity contribution in [1.82, 2.24) is 9.80 Å². The van der Waals surface area contributed by atoms with Crippen LogP contribution in [0.4, 0.5) is 0 Å². The van der Waals surface area contributed by atoms with Crippen LogP contribution in [0.15, 0.2) is 28.3 Å².